The number of nitrogens with zero attached hydrogens (tertiary/aromatic N) is 2. The summed E-state index contributed by atoms with van der Waals surface area (Å²) in [6.45, 7) is 5.39. The Labute approximate surface area is 139 Å². The first kappa shape index (κ1) is 14.8. The van der Waals surface area contributed by atoms with Gasteiger partial charge in [-0.2, -0.15) is 0 Å². The van der Waals surface area contributed by atoms with Gasteiger partial charge in [-0.25, -0.2) is 9.97 Å². The Morgan fingerprint density at radius 1 is 1.24 bits per heavy atom. The van der Waals surface area contributed by atoms with Crippen molar-refractivity contribution in [3.05, 3.63) is 39.7 Å². The van der Waals surface area contributed by atoms with Gasteiger partial charge in [-0.15, -0.1) is 0 Å². The molecule has 1 aromatic heterocycles. The van der Waals surface area contributed by atoms with Gasteiger partial charge in [0.05, 0.1) is 9.26 Å². The molecule has 0 spiro atoms. The highest BCUT2D eigenvalue weighted by molar-refractivity contribution is 14.1. The molecule has 1 fully saturated rings. The zero-order valence-electron chi connectivity index (χ0n) is 12.4. The molecule has 1 N–H and O–H groups in total. The van der Waals surface area contributed by atoms with Crippen molar-refractivity contribution in [2.45, 2.75) is 32.6 Å². The Balaban J connectivity index is 2.04. The molecular weight excluding hydrogens is 373 g/mol. The van der Waals surface area contributed by atoms with E-state index in [0.717, 1.165) is 33.9 Å². The van der Waals surface area contributed by atoms with Gasteiger partial charge in [-0.3, -0.25) is 0 Å². The van der Waals surface area contributed by atoms with Gasteiger partial charge < -0.3 is 5.32 Å². The van der Waals surface area contributed by atoms with Crippen LogP contribution >= 0.6 is 22.6 Å². The predicted molar refractivity (Wildman–Crippen MR) is 95.5 cm³/mol. The summed E-state index contributed by atoms with van der Waals surface area (Å²) >= 11 is 2.36. The molecule has 0 amide bonds. The zero-order chi connectivity index (χ0) is 14.8. The maximum atomic E-state index is 4.87. The first-order chi connectivity index (χ1) is 10.2. The molecular formula is C17H20IN3. The van der Waals surface area contributed by atoms with E-state index in [4.69, 9.17) is 9.97 Å². The molecule has 1 saturated carbocycles. The molecule has 110 valence electrons. The lowest BCUT2D eigenvalue weighted by atomic mass is 10.1. The van der Waals surface area contributed by atoms with Crippen LogP contribution in [0.15, 0.2) is 30.3 Å². The lowest BCUT2D eigenvalue weighted by molar-refractivity contribution is 0.839. The molecule has 2 atom stereocenters. The fraction of sp³-hybridized carbons (Fsp3) is 0.412. The van der Waals surface area contributed by atoms with Crippen LogP contribution in [0.1, 0.15) is 38.4 Å². The van der Waals surface area contributed by atoms with E-state index in [2.05, 4.69) is 66.0 Å². The Kier molecular flexibility index (Phi) is 4.42. The second kappa shape index (κ2) is 6.30. The molecule has 4 heteroatoms. The van der Waals surface area contributed by atoms with Crippen molar-refractivity contribution in [2.75, 3.05) is 11.9 Å². The van der Waals surface area contributed by atoms with E-state index in [1.54, 1.807) is 0 Å². The van der Waals surface area contributed by atoms with Crippen LogP contribution in [0.2, 0.25) is 0 Å². The van der Waals surface area contributed by atoms with Gasteiger partial charge in [0.1, 0.15) is 11.6 Å². The molecule has 0 radical (unpaired) electrons. The molecule has 21 heavy (non-hydrogen) atoms. The standard InChI is InChI=1S/C17H20IN3/c1-3-9-19-17-14(18)15(12-7-5-4-6-8-12)20-16(21-17)13-10-11(13)2/h4-8,11,13H,3,9-10H2,1-2H3,(H,19,20,21). The molecule has 0 saturated heterocycles. The molecule has 3 nitrogen and oxygen atoms in total. The number of nitrogens with one attached hydrogen (secondary N) is 1. The number of hydrogen-bond donors (Lipinski definition) is 1. The zero-order valence-corrected chi connectivity index (χ0v) is 14.6. The summed E-state index contributed by atoms with van der Waals surface area (Å²) in [5.74, 6) is 3.24. The van der Waals surface area contributed by atoms with Crippen molar-refractivity contribution in [1.82, 2.24) is 9.97 Å². The second-order valence-electron chi connectivity index (χ2n) is 5.71. The fourth-order valence-electron chi connectivity index (χ4n) is 2.46. The van der Waals surface area contributed by atoms with Crippen LogP contribution in [-0.4, -0.2) is 16.5 Å². The molecule has 2 aromatic rings. The van der Waals surface area contributed by atoms with Crippen LogP contribution in [0, 0.1) is 9.49 Å². The number of halogens is 1. The van der Waals surface area contributed by atoms with E-state index >= 15 is 0 Å². The van der Waals surface area contributed by atoms with Gasteiger partial charge in [-0.1, -0.05) is 44.2 Å². The van der Waals surface area contributed by atoms with E-state index in [1.165, 1.54) is 12.0 Å². The summed E-state index contributed by atoms with van der Waals surface area (Å²) in [6, 6.07) is 10.4. The van der Waals surface area contributed by atoms with Gasteiger partial charge in [0.2, 0.25) is 0 Å². The summed E-state index contributed by atoms with van der Waals surface area (Å²) in [7, 11) is 0. The number of hydrogen-bond acceptors (Lipinski definition) is 3. The normalized spacial score (nSPS) is 20.3. The van der Waals surface area contributed by atoms with E-state index in [9.17, 15) is 0 Å². The van der Waals surface area contributed by atoms with Crippen LogP contribution in [0.5, 0.6) is 0 Å². The topological polar surface area (TPSA) is 37.8 Å². The maximum absolute atomic E-state index is 4.87. The highest BCUT2D eigenvalue weighted by Crippen LogP contribution is 2.46. The summed E-state index contributed by atoms with van der Waals surface area (Å²) in [6.07, 6.45) is 2.30. The van der Waals surface area contributed by atoms with Gasteiger partial charge in [0.15, 0.2) is 0 Å². The van der Waals surface area contributed by atoms with Gasteiger partial charge >= 0.3 is 0 Å². The molecule has 0 aliphatic heterocycles. The van der Waals surface area contributed by atoms with Gasteiger partial charge in [0.25, 0.3) is 0 Å². The Morgan fingerprint density at radius 3 is 2.57 bits per heavy atom. The summed E-state index contributed by atoms with van der Waals surface area (Å²) < 4.78 is 1.12. The summed E-state index contributed by atoms with van der Waals surface area (Å²) in [4.78, 5) is 9.64. The first-order valence-electron chi connectivity index (χ1n) is 7.57. The average Bonchev–Trinajstić information content (AvgIpc) is 3.24. The molecule has 1 aromatic carbocycles. The highest BCUT2D eigenvalue weighted by Gasteiger charge is 2.37. The molecule has 2 unspecified atom stereocenters. The minimum atomic E-state index is 0.534. The third-order valence-electron chi connectivity index (χ3n) is 3.90. The molecule has 0 bridgehead atoms. The van der Waals surface area contributed by atoms with E-state index in [0.29, 0.717) is 11.8 Å². The van der Waals surface area contributed by atoms with Crippen LogP contribution < -0.4 is 5.32 Å². The SMILES string of the molecule is CCCNc1nc(C2CC2C)nc(-c2ccccc2)c1I. The number of anilines is 1. The monoisotopic (exact) mass is 393 g/mol. The van der Waals surface area contributed by atoms with E-state index in [1.807, 2.05) is 6.07 Å². The third kappa shape index (κ3) is 3.20. The lowest BCUT2D eigenvalue weighted by Crippen LogP contribution is -2.09. The van der Waals surface area contributed by atoms with Crippen molar-refractivity contribution in [2.24, 2.45) is 5.92 Å². The average molecular weight is 393 g/mol. The van der Waals surface area contributed by atoms with Crippen molar-refractivity contribution in [3.8, 4) is 11.3 Å². The Morgan fingerprint density at radius 2 is 1.95 bits per heavy atom. The smallest absolute Gasteiger partial charge is 0.143 e. The van der Waals surface area contributed by atoms with Crippen molar-refractivity contribution in [1.29, 1.82) is 0 Å². The Hall–Kier alpha value is -1.17. The van der Waals surface area contributed by atoms with E-state index in [-0.39, 0.29) is 0 Å². The molecule has 1 heterocycles. The van der Waals surface area contributed by atoms with Crippen LogP contribution in [0.4, 0.5) is 5.82 Å². The first-order valence-corrected chi connectivity index (χ1v) is 8.65. The van der Waals surface area contributed by atoms with Crippen LogP contribution in [0.25, 0.3) is 11.3 Å². The van der Waals surface area contributed by atoms with Crippen LogP contribution in [0.3, 0.4) is 0 Å². The number of aromatic nitrogens is 2. The minimum absolute atomic E-state index is 0.534. The van der Waals surface area contributed by atoms with Crippen molar-refractivity contribution < 1.29 is 0 Å². The highest BCUT2D eigenvalue weighted by atomic mass is 127. The largest absolute Gasteiger partial charge is 0.369 e. The van der Waals surface area contributed by atoms with E-state index < -0.39 is 0 Å². The maximum Gasteiger partial charge on any atom is 0.143 e. The van der Waals surface area contributed by atoms with Crippen LogP contribution in [-0.2, 0) is 0 Å². The van der Waals surface area contributed by atoms with Gasteiger partial charge in [0, 0.05) is 18.0 Å². The molecule has 3 rings (SSSR count). The van der Waals surface area contributed by atoms with Gasteiger partial charge in [-0.05, 0) is 41.4 Å². The lowest BCUT2D eigenvalue weighted by Gasteiger charge is -2.13. The molecule has 1 aliphatic rings. The minimum Gasteiger partial charge on any atom is -0.369 e. The third-order valence-corrected chi connectivity index (χ3v) is 4.92. The second-order valence-corrected chi connectivity index (χ2v) is 6.78. The fourth-order valence-corrected chi connectivity index (χ4v) is 3.20. The molecule has 1 aliphatic carbocycles. The summed E-state index contributed by atoms with van der Waals surface area (Å²) in [5.41, 5.74) is 2.22. The predicted octanol–water partition coefficient (Wildman–Crippen LogP) is 4.69. The van der Waals surface area contributed by atoms with Crippen molar-refractivity contribution >= 4 is 28.4 Å². The number of rotatable bonds is 5. The number of benzene rings is 1. The Bertz CT molecular complexity index is 627. The quantitative estimate of drug-likeness (QED) is 0.749. The summed E-state index contributed by atoms with van der Waals surface area (Å²) in [5, 5.41) is 3.45. The van der Waals surface area contributed by atoms with Crippen molar-refractivity contribution in [3.63, 3.8) is 0 Å².